The topological polar surface area (TPSA) is 54.3 Å². The molecule has 1 fully saturated rings. The lowest BCUT2D eigenvalue weighted by molar-refractivity contribution is -0.126. The molecule has 0 saturated carbocycles. The summed E-state index contributed by atoms with van der Waals surface area (Å²) in [6.45, 7) is 4.71. The summed E-state index contributed by atoms with van der Waals surface area (Å²) in [5, 5.41) is 9.26. The number of aryl methyl sites for hydroxylation is 1. The van der Waals surface area contributed by atoms with E-state index in [1.54, 1.807) is 18.2 Å². The van der Waals surface area contributed by atoms with E-state index in [9.17, 15) is 4.79 Å². The number of carbonyl (C=O) groups is 1. The normalized spacial score (nSPS) is 18.0. The summed E-state index contributed by atoms with van der Waals surface area (Å²) < 4.78 is 6.32. The molecule has 30 heavy (non-hydrogen) atoms. The second-order valence-corrected chi connectivity index (χ2v) is 9.20. The van der Waals surface area contributed by atoms with Gasteiger partial charge in [0.1, 0.15) is 5.75 Å². The minimum atomic E-state index is -0.0941. The van der Waals surface area contributed by atoms with E-state index in [-0.39, 0.29) is 11.2 Å². The number of benzene rings is 2. The van der Waals surface area contributed by atoms with Crippen molar-refractivity contribution in [3.8, 4) is 5.75 Å². The van der Waals surface area contributed by atoms with E-state index in [1.807, 2.05) is 30.3 Å². The van der Waals surface area contributed by atoms with Crippen molar-refractivity contribution in [1.82, 2.24) is 4.90 Å². The molecule has 2 aromatic carbocycles. The molecule has 0 N–H and O–H groups in total. The molecule has 1 aliphatic rings. The van der Waals surface area contributed by atoms with Crippen LogP contribution in [-0.2, 0) is 11.3 Å². The first-order chi connectivity index (χ1) is 14.5. The highest BCUT2D eigenvalue weighted by molar-refractivity contribution is 9.10. The molecule has 158 valence electrons. The fourth-order valence-corrected chi connectivity index (χ4v) is 4.73. The Morgan fingerprint density at radius 1 is 1.27 bits per heavy atom. The maximum atomic E-state index is 13.1. The van der Waals surface area contributed by atoms with Gasteiger partial charge in [0.05, 0.1) is 25.1 Å². The number of unbranched alkanes of at least 4 members (excludes halogenated alkanes) is 1. The Kier molecular flexibility index (Phi) is 8.10. The van der Waals surface area contributed by atoms with Crippen LogP contribution >= 0.6 is 27.7 Å². The van der Waals surface area contributed by atoms with Gasteiger partial charge in [-0.3, -0.25) is 9.69 Å². The Labute approximate surface area is 190 Å². The van der Waals surface area contributed by atoms with Crippen molar-refractivity contribution in [3.05, 3.63) is 63.6 Å². The molecule has 5 nitrogen and oxygen atoms in total. The van der Waals surface area contributed by atoms with Crippen molar-refractivity contribution in [3.63, 3.8) is 0 Å². The van der Waals surface area contributed by atoms with E-state index in [2.05, 4.69) is 52.1 Å². The standard InChI is InChI=1S/C23H26BrN3O2S/c1-4-5-10-21-22(28)27(15-17-9-7-6-8-16(17)2)23(30-21)26-25-14-18-13-19(24)11-12-20(18)29-3/h6-9,11-14,21H,4-5,10,15H2,1-3H3. The maximum absolute atomic E-state index is 13.1. The molecule has 2 aromatic rings. The smallest absolute Gasteiger partial charge is 0.242 e. The number of ether oxygens (including phenoxy) is 1. The zero-order chi connectivity index (χ0) is 21.5. The number of halogens is 1. The molecule has 0 aliphatic carbocycles. The largest absolute Gasteiger partial charge is 0.496 e. The predicted molar refractivity (Wildman–Crippen MR) is 128 cm³/mol. The molecule has 1 saturated heterocycles. The van der Waals surface area contributed by atoms with Gasteiger partial charge in [-0.2, -0.15) is 5.10 Å². The summed E-state index contributed by atoms with van der Waals surface area (Å²) in [5.74, 6) is 0.834. The van der Waals surface area contributed by atoms with Gasteiger partial charge in [0.2, 0.25) is 5.91 Å². The van der Waals surface area contributed by atoms with Crippen LogP contribution in [0.3, 0.4) is 0 Å². The Morgan fingerprint density at radius 3 is 2.80 bits per heavy atom. The van der Waals surface area contributed by atoms with Crippen molar-refractivity contribution in [2.24, 2.45) is 10.2 Å². The van der Waals surface area contributed by atoms with E-state index in [0.717, 1.165) is 46.2 Å². The van der Waals surface area contributed by atoms with Crippen LogP contribution in [-0.4, -0.2) is 34.5 Å². The fourth-order valence-electron chi connectivity index (χ4n) is 3.21. The fraction of sp³-hybridized carbons (Fsp3) is 0.348. The van der Waals surface area contributed by atoms with Crippen LogP contribution < -0.4 is 4.74 Å². The van der Waals surface area contributed by atoms with Crippen molar-refractivity contribution in [2.75, 3.05) is 7.11 Å². The van der Waals surface area contributed by atoms with Crippen molar-refractivity contribution in [2.45, 2.75) is 44.9 Å². The third-order valence-corrected chi connectivity index (χ3v) is 6.69. The number of carbonyl (C=O) groups excluding carboxylic acids is 1. The molecule has 1 amide bonds. The van der Waals surface area contributed by atoms with Gasteiger partial charge in [-0.25, -0.2) is 0 Å². The number of thioether (sulfide) groups is 1. The first-order valence-electron chi connectivity index (χ1n) is 10.0. The Hall–Kier alpha value is -2.12. The monoisotopic (exact) mass is 487 g/mol. The molecule has 1 atom stereocenters. The second kappa shape index (κ2) is 10.8. The summed E-state index contributed by atoms with van der Waals surface area (Å²) in [6.07, 6.45) is 4.60. The Morgan fingerprint density at radius 2 is 2.07 bits per heavy atom. The minimum Gasteiger partial charge on any atom is -0.496 e. The average Bonchev–Trinajstić information content (AvgIpc) is 3.03. The molecule has 1 unspecified atom stereocenters. The second-order valence-electron chi connectivity index (χ2n) is 7.11. The third-order valence-electron chi connectivity index (χ3n) is 4.96. The highest BCUT2D eigenvalue weighted by atomic mass is 79.9. The average molecular weight is 488 g/mol. The number of nitrogens with zero attached hydrogens (tertiary/aromatic N) is 3. The van der Waals surface area contributed by atoms with E-state index in [0.29, 0.717) is 11.7 Å². The van der Waals surface area contributed by atoms with Crippen LogP contribution in [0.5, 0.6) is 5.75 Å². The molecule has 0 radical (unpaired) electrons. The van der Waals surface area contributed by atoms with Crippen LogP contribution in [0.25, 0.3) is 0 Å². The number of hydrogen-bond donors (Lipinski definition) is 0. The summed E-state index contributed by atoms with van der Waals surface area (Å²) >= 11 is 4.98. The van der Waals surface area contributed by atoms with Gasteiger partial charge in [-0.15, -0.1) is 5.10 Å². The lowest BCUT2D eigenvalue weighted by Crippen LogP contribution is -2.31. The quantitative estimate of drug-likeness (QED) is 0.349. The first kappa shape index (κ1) is 22.6. The van der Waals surface area contributed by atoms with Gasteiger partial charge in [0, 0.05) is 10.0 Å². The number of methoxy groups -OCH3 is 1. The third kappa shape index (κ3) is 5.52. The van der Waals surface area contributed by atoms with Gasteiger partial charge < -0.3 is 4.74 Å². The molecule has 1 heterocycles. The number of amidine groups is 1. The van der Waals surface area contributed by atoms with Crippen LogP contribution in [0, 0.1) is 6.92 Å². The highest BCUT2D eigenvalue weighted by Gasteiger charge is 2.37. The highest BCUT2D eigenvalue weighted by Crippen LogP contribution is 2.32. The SMILES string of the molecule is CCCCC1SC(=NN=Cc2cc(Br)ccc2OC)N(Cc2ccccc2C)C1=O. The van der Waals surface area contributed by atoms with Crippen LogP contribution in [0.1, 0.15) is 42.9 Å². The van der Waals surface area contributed by atoms with Crippen molar-refractivity contribution in [1.29, 1.82) is 0 Å². The van der Waals surface area contributed by atoms with Crippen molar-refractivity contribution < 1.29 is 9.53 Å². The van der Waals surface area contributed by atoms with E-state index in [4.69, 9.17) is 4.74 Å². The molecular formula is C23H26BrN3O2S. The predicted octanol–water partition coefficient (Wildman–Crippen LogP) is 5.79. The summed E-state index contributed by atoms with van der Waals surface area (Å²) in [5.41, 5.74) is 3.10. The summed E-state index contributed by atoms with van der Waals surface area (Å²) in [4.78, 5) is 14.8. The zero-order valence-corrected chi connectivity index (χ0v) is 19.9. The van der Waals surface area contributed by atoms with Gasteiger partial charge in [-0.05, 0) is 42.7 Å². The number of amides is 1. The molecule has 1 aliphatic heterocycles. The molecule has 3 rings (SSSR count). The number of hydrogen-bond acceptors (Lipinski definition) is 5. The van der Waals surface area contributed by atoms with Gasteiger partial charge in [-0.1, -0.05) is 71.7 Å². The van der Waals surface area contributed by atoms with E-state index >= 15 is 0 Å². The van der Waals surface area contributed by atoms with Crippen molar-refractivity contribution >= 4 is 45.0 Å². The zero-order valence-electron chi connectivity index (χ0n) is 17.5. The summed E-state index contributed by atoms with van der Waals surface area (Å²) in [6, 6.07) is 13.8. The Bertz CT molecular complexity index is 961. The van der Waals surface area contributed by atoms with E-state index < -0.39 is 0 Å². The minimum absolute atomic E-state index is 0.0941. The van der Waals surface area contributed by atoms with Gasteiger partial charge >= 0.3 is 0 Å². The molecule has 7 heteroatoms. The lowest BCUT2D eigenvalue weighted by atomic mass is 10.1. The maximum Gasteiger partial charge on any atom is 0.242 e. The first-order valence-corrected chi connectivity index (χ1v) is 11.7. The van der Waals surface area contributed by atoms with Crippen LogP contribution in [0.2, 0.25) is 0 Å². The molecule has 0 bridgehead atoms. The van der Waals surface area contributed by atoms with Gasteiger partial charge in [0.15, 0.2) is 5.17 Å². The molecule has 0 aromatic heterocycles. The summed E-state index contributed by atoms with van der Waals surface area (Å²) in [7, 11) is 1.63. The Balaban J connectivity index is 1.86. The molecule has 0 spiro atoms. The van der Waals surface area contributed by atoms with E-state index in [1.165, 1.54) is 11.8 Å². The van der Waals surface area contributed by atoms with Gasteiger partial charge in [0.25, 0.3) is 0 Å². The number of rotatable bonds is 8. The van der Waals surface area contributed by atoms with Crippen LogP contribution in [0.15, 0.2) is 57.1 Å². The van der Waals surface area contributed by atoms with Crippen LogP contribution in [0.4, 0.5) is 0 Å². The molecular weight excluding hydrogens is 462 g/mol. The lowest BCUT2D eigenvalue weighted by Gasteiger charge is -2.17.